The normalized spacial score (nSPS) is 13.3. The molecule has 0 saturated carbocycles. The number of aliphatic hydroxyl groups excluding tert-OH is 2. The van der Waals surface area contributed by atoms with Crippen molar-refractivity contribution < 1.29 is 15.0 Å². The molecule has 0 radical (unpaired) electrons. The van der Waals surface area contributed by atoms with E-state index in [9.17, 15) is 15.0 Å². The number of hydrogen-bond donors (Lipinski definition) is 3. The molecule has 0 aromatic heterocycles. The minimum atomic E-state index is -0.836. The molecule has 0 bridgehead atoms. The van der Waals surface area contributed by atoms with Crippen LogP contribution >= 0.6 is 0 Å². The van der Waals surface area contributed by atoms with Crippen molar-refractivity contribution >= 4 is 5.91 Å². The highest BCUT2D eigenvalue weighted by Crippen LogP contribution is 2.15. The minimum absolute atomic E-state index is 0.0648. The van der Waals surface area contributed by atoms with Gasteiger partial charge in [-0.15, -0.1) is 0 Å². The first kappa shape index (κ1) is 48.6. The van der Waals surface area contributed by atoms with Crippen LogP contribution in [0, 0.1) is 0 Å². The number of nitrogens with one attached hydrogen (secondary N) is 1. The quantitative estimate of drug-likeness (QED) is 0.0440. The average Bonchev–Trinajstić information content (AvgIpc) is 3.12. The van der Waals surface area contributed by atoms with E-state index in [4.69, 9.17) is 0 Å². The maximum Gasteiger partial charge on any atom is 0.220 e. The lowest BCUT2D eigenvalue weighted by Gasteiger charge is -2.20. The number of rotatable bonds is 40. The molecule has 0 aromatic rings. The molecular weight excluding hydrogens is 615 g/mol. The van der Waals surface area contributed by atoms with Gasteiger partial charge in [0.25, 0.3) is 0 Å². The summed E-state index contributed by atoms with van der Waals surface area (Å²) >= 11 is 0. The first-order valence-corrected chi connectivity index (χ1v) is 22.2. The smallest absolute Gasteiger partial charge is 0.220 e. The van der Waals surface area contributed by atoms with E-state index in [0.717, 1.165) is 32.1 Å². The van der Waals surface area contributed by atoms with Crippen LogP contribution in [-0.4, -0.2) is 34.9 Å². The second-order valence-corrected chi connectivity index (χ2v) is 15.1. The molecule has 0 saturated heterocycles. The zero-order valence-electron chi connectivity index (χ0n) is 33.7. The Hall–Kier alpha value is -1.39. The van der Waals surface area contributed by atoms with Gasteiger partial charge >= 0.3 is 0 Å². The summed E-state index contributed by atoms with van der Waals surface area (Å²) < 4.78 is 0. The predicted octanol–water partition coefficient (Wildman–Crippen LogP) is 13.8. The Bertz CT molecular complexity index is 760. The fourth-order valence-electron chi connectivity index (χ4n) is 6.68. The topological polar surface area (TPSA) is 69.6 Å². The Labute approximate surface area is 312 Å². The van der Waals surface area contributed by atoms with Crippen LogP contribution in [0.1, 0.15) is 232 Å². The highest BCUT2D eigenvalue weighted by Gasteiger charge is 2.17. The summed E-state index contributed by atoms with van der Waals surface area (Å²) in [4.78, 5) is 12.4. The molecule has 1 amide bonds. The molecule has 2 unspecified atom stereocenters. The van der Waals surface area contributed by atoms with Crippen LogP contribution in [0.3, 0.4) is 0 Å². The number of hydrogen-bond acceptors (Lipinski definition) is 3. The van der Waals surface area contributed by atoms with Crippen molar-refractivity contribution in [2.45, 2.75) is 244 Å². The Kier molecular flexibility index (Phi) is 40.9. The third-order valence-electron chi connectivity index (χ3n) is 10.1. The van der Waals surface area contributed by atoms with Gasteiger partial charge in [-0.2, -0.15) is 0 Å². The molecule has 3 N–H and O–H groups in total. The van der Waals surface area contributed by atoms with Gasteiger partial charge in [0, 0.05) is 6.42 Å². The number of allylic oxidation sites excluding steroid dienone is 5. The molecule has 0 heterocycles. The van der Waals surface area contributed by atoms with E-state index in [2.05, 4.69) is 43.5 Å². The molecule has 50 heavy (non-hydrogen) atoms. The Balaban J connectivity index is 3.48. The largest absolute Gasteiger partial charge is 0.394 e. The molecule has 4 nitrogen and oxygen atoms in total. The summed E-state index contributed by atoms with van der Waals surface area (Å²) in [5.41, 5.74) is 0. The van der Waals surface area contributed by atoms with E-state index in [0.29, 0.717) is 6.42 Å². The summed E-state index contributed by atoms with van der Waals surface area (Å²) in [7, 11) is 0. The number of amides is 1. The molecule has 4 heteroatoms. The van der Waals surface area contributed by atoms with Crippen molar-refractivity contribution in [3.63, 3.8) is 0 Å². The lowest BCUT2D eigenvalue weighted by Crippen LogP contribution is -2.45. The van der Waals surface area contributed by atoms with E-state index in [1.54, 1.807) is 6.08 Å². The number of aliphatic hydroxyl groups is 2. The van der Waals surface area contributed by atoms with E-state index in [1.807, 2.05) is 6.08 Å². The summed E-state index contributed by atoms with van der Waals surface area (Å²) in [6.07, 6.45) is 55.4. The average molecular weight is 702 g/mol. The standard InChI is InChI=1S/C46H87NO3/c1-3-5-7-9-11-13-15-16-17-18-19-20-21-22-23-24-25-26-27-28-29-30-32-34-36-38-40-42-46(50)47-44(43-48)45(49)41-39-37-35-33-31-14-12-10-8-6-4-2/h15-16,18-19,39,41,44-45,48-49H,3-14,17,20-38,40,42-43H2,1-2H3,(H,47,50)/b16-15-,19-18-,41-39+. The lowest BCUT2D eigenvalue weighted by atomic mass is 10.0. The number of unbranched alkanes of at least 4 members (excludes halogenated alkanes) is 29. The minimum Gasteiger partial charge on any atom is -0.394 e. The van der Waals surface area contributed by atoms with Crippen LogP contribution in [0.4, 0.5) is 0 Å². The number of carbonyl (C=O) groups excluding carboxylic acids is 1. The van der Waals surface area contributed by atoms with Gasteiger partial charge in [0.1, 0.15) is 0 Å². The molecule has 0 spiro atoms. The maximum atomic E-state index is 12.4. The van der Waals surface area contributed by atoms with Crippen LogP contribution in [0.5, 0.6) is 0 Å². The predicted molar refractivity (Wildman–Crippen MR) is 221 cm³/mol. The molecule has 0 rings (SSSR count). The van der Waals surface area contributed by atoms with E-state index in [1.165, 1.54) is 180 Å². The van der Waals surface area contributed by atoms with Crippen molar-refractivity contribution in [2.24, 2.45) is 0 Å². The van der Waals surface area contributed by atoms with Gasteiger partial charge < -0.3 is 15.5 Å². The van der Waals surface area contributed by atoms with Crippen LogP contribution in [0.2, 0.25) is 0 Å². The van der Waals surface area contributed by atoms with Gasteiger partial charge in [0.2, 0.25) is 5.91 Å². The van der Waals surface area contributed by atoms with Crippen LogP contribution in [0.15, 0.2) is 36.5 Å². The molecular formula is C46H87NO3. The Morgan fingerprint density at radius 3 is 1.20 bits per heavy atom. The lowest BCUT2D eigenvalue weighted by molar-refractivity contribution is -0.123. The highest BCUT2D eigenvalue weighted by atomic mass is 16.3. The first-order chi connectivity index (χ1) is 24.7. The van der Waals surface area contributed by atoms with Gasteiger partial charge in [0.05, 0.1) is 18.8 Å². The molecule has 2 atom stereocenters. The van der Waals surface area contributed by atoms with Gasteiger partial charge in [-0.05, 0) is 51.4 Å². The summed E-state index contributed by atoms with van der Waals surface area (Å²) in [6, 6.07) is -0.619. The van der Waals surface area contributed by atoms with Crippen molar-refractivity contribution in [3.8, 4) is 0 Å². The fourth-order valence-corrected chi connectivity index (χ4v) is 6.68. The third-order valence-corrected chi connectivity index (χ3v) is 10.1. The van der Waals surface area contributed by atoms with E-state index in [-0.39, 0.29) is 12.5 Å². The monoisotopic (exact) mass is 702 g/mol. The van der Waals surface area contributed by atoms with Crippen LogP contribution in [-0.2, 0) is 4.79 Å². The van der Waals surface area contributed by atoms with Gasteiger partial charge in [0.15, 0.2) is 0 Å². The zero-order valence-corrected chi connectivity index (χ0v) is 33.7. The molecule has 0 aliphatic carbocycles. The molecule has 0 aliphatic heterocycles. The van der Waals surface area contributed by atoms with Crippen molar-refractivity contribution in [1.29, 1.82) is 0 Å². The second kappa shape index (κ2) is 42.0. The highest BCUT2D eigenvalue weighted by molar-refractivity contribution is 5.76. The SMILES string of the molecule is CCCCCCC/C=C\C/C=C\CCCCCCCCCCCCCCCCCC(=O)NC(CO)C(O)/C=C/CCCCCCCCCCC. The molecule has 0 aromatic carbocycles. The van der Waals surface area contributed by atoms with Crippen molar-refractivity contribution in [3.05, 3.63) is 36.5 Å². The van der Waals surface area contributed by atoms with Crippen molar-refractivity contribution in [1.82, 2.24) is 5.32 Å². The zero-order chi connectivity index (χ0) is 36.4. The second-order valence-electron chi connectivity index (χ2n) is 15.1. The van der Waals surface area contributed by atoms with E-state index < -0.39 is 12.1 Å². The first-order valence-electron chi connectivity index (χ1n) is 22.2. The fraction of sp³-hybridized carbons (Fsp3) is 0.848. The molecule has 0 aliphatic rings. The van der Waals surface area contributed by atoms with Gasteiger partial charge in [-0.3, -0.25) is 4.79 Å². The van der Waals surface area contributed by atoms with Gasteiger partial charge in [-0.25, -0.2) is 0 Å². The summed E-state index contributed by atoms with van der Waals surface area (Å²) in [5.74, 6) is -0.0648. The van der Waals surface area contributed by atoms with Gasteiger partial charge in [-0.1, -0.05) is 211 Å². The van der Waals surface area contributed by atoms with E-state index >= 15 is 0 Å². The molecule has 0 fully saturated rings. The Morgan fingerprint density at radius 2 is 0.820 bits per heavy atom. The third kappa shape index (κ3) is 37.9. The summed E-state index contributed by atoms with van der Waals surface area (Å²) in [5, 5.41) is 22.9. The molecule has 294 valence electrons. The number of carbonyl (C=O) groups is 1. The Morgan fingerprint density at radius 1 is 0.480 bits per heavy atom. The summed E-state index contributed by atoms with van der Waals surface area (Å²) in [6.45, 7) is 4.29. The maximum absolute atomic E-state index is 12.4. The van der Waals surface area contributed by atoms with Crippen LogP contribution in [0.25, 0.3) is 0 Å². The van der Waals surface area contributed by atoms with Crippen LogP contribution < -0.4 is 5.32 Å². The van der Waals surface area contributed by atoms with Crippen molar-refractivity contribution in [2.75, 3.05) is 6.61 Å².